The van der Waals surface area contributed by atoms with E-state index in [0.29, 0.717) is 18.5 Å². The number of esters is 1. The van der Waals surface area contributed by atoms with Crippen LogP contribution in [0, 0.1) is 0 Å². The highest BCUT2D eigenvalue weighted by Gasteiger charge is 2.32. The first-order chi connectivity index (χ1) is 18.6. The fourth-order valence-electron chi connectivity index (χ4n) is 5.18. The SMILES string of the molecule is CCCN1CCc2nc3ccccc3c(C(=O)OC(CC)C(=O)N(c3ccccc3)c3ccccc3)c2C1. The van der Waals surface area contributed by atoms with Gasteiger partial charge in [0, 0.05) is 47.5 Å². The van der Waals surface area contributed by atoms with E-state index >= 15 is 0 Å². The third-order valence-corrected chi connectivity index (χ3v) is 7.01. The van der Waals surface area contributed by atoms with Crippen LogP contribution in [0.15, 0.2) is 84.9 Å². The second-order valence-corrected chi connectivity index (χ2v) is 9.60. The third kappa shape index (κ3) is 5.18. The maximum Gasteiger partial charge on any atom is 0.340 e. The number of carbonyl (C=O) groups excluding carboxylic acids is 2. The monoisotopic (exact) mass is 507 g/mol. The van der Waals surface area contributed by atoms with Crippen molar-refractivity contribution in [1.82, 2.24) is 9.88 Å². The molecule has 1 amide bonds. The summed E-state index contributed by atoms with van der Waals surface area (Å²) in [4.78, 5) is 36.8. The first-order valence-corrected chi connectivity index (χ1v) is 13.4. The number of hydrogen-bond donors (Lipinski definition) is 0. The summed E-state index contributed by atoms with van der Waals surface area (Å²) in [7, 11) is 0. The molecule has 0 bridgehead atoms. The first-order valence-electron chi connectivity index (χ1n) is 13.4. The van der Waals surface area contributed by atoms with E-state index in [1.54, 1.807) is 4.90 Å². The quantitative estimate of drug-likeness (QED) is 0.262. The summed E-state index contributed by atoms with van der Waals surface area (Å²) in [6.07, 6.45) is 1.23. The van der Waals surface area contributed by atoms with Crippen molar-refractivity contribution in [2.24, 2.45) is 0 Å². The Hall–Kier alpha value is -4.03. The van der Waals surface area contributed by atoms with Gasteiger partial charge in [-0.15, -0.1) is 0 Å². The van der Waals surface area contributed by atoms with Crippen molar-refractivity contribution in [3.8, 4) is 0 Å². The minimum Gasteiger partial charge on any atom is -0.449 e. The van der Waals surface area contributed by atoms with Gasteiger partial charge in [-0.3, -0.25) is 19.6 Å². The van der Waals surface area contributed by atoms with Crippen molar-refractivity contribution in [2.75, 3.05) is 18.0 Å². The van der Waals surface area contributed by atoms with Gasteiger partial charge in [-0.25, -0.2) is 4.79 Å². The molecule has 0 spiro atoms. The number of anilines is 2. The van der Waals surface area contributed by atoms with E-state index in [-0.39, 0.29) is 5.91 Å². The van der Waals surface area contributed by atoms with Gasteiger partial charge in [0.1, 0.15) is 0 Å². The van der Waals surface area contributed by atoms with Crippen LogP contribution in [0.5, 0.6) is 0 Å². The summed E-state index contributed by atoms with van der Waals surface area (Å²) in [5, 5.41) is 0.764. The average molecular weight is 508 g/mol. The number of amides is 1. The lowest BCUT2D eigenvalue weighted by Crippen LogP contribution is -2.39. The number of ether oxygens (including phenoxy) is 1. The van der Waals surface area contributed by atoms with Crippen LogP contribution >= 0.6 is 0 Å². The van der Waals surface area contributed by atoms with Crippen LogP contribution in [0.3, 0.4) is 0 Å². The molecule has 0 radical (unpaired) electrons. The molecule has 194 valence electrons. The fraction of sp³-hybridized carbons (Fsp3) is 0.281. The van der Waals surface area contributed by atoms with Crippen LogP contribution in [-0.4, -0.2) is 41.0 Å². The molecule has 1 aliphatic rings. The molecule has 4 aromatic rings. The molecule has 0 aliphatic carbocycles. The molecule has 2 heterocycles. The summed E-state index contributed by atoms with van der Waals surface area (Å²) >= 11 is 0. The molecule has 6 heteroatoms. The van der Waals surface area contributed by atoms with Gasteiger partial charge in [0.05, 0.1) is 11.1 Å². The normalized spacial score (nSPS) is 14.1. The zero-order valence-corrected chi connectivity index (χ0v) is 22.0. The number of para-hydroxylation sites is 3. The Kier molecular flexibility index (Phi) is 7.80. The lowest BCUT2D eigenvalue weighted by Gasteiger charge is -2.30. The summed E-state index contributed by atoms with van der Waals surface area (Å²) in [6, 6.07) is 26.6. The number of hydrogen-bond acceptors (Lipinski definition) is 5. The summed E-state index contributed by atoms with van der Waals surface area (Å²) in [5.74, 6) is -0.752. The fourth-order valence-corrected chi connectivity index (χ4v) is 5.18. The molecule has 0 saturated heterocycles. The number of aromatic nitrogens is 1. The predicted octanol–water partition coefficient (Wildman–Crippen LogP) is 6.30. The van der Waals surface area contributed by atoms with Crippen LogP contribution in [0.2, 0.25) is 0 Å². The van der Waals surface area contributed by atoms with Crippen LogP contribution in [0.25, 0.3) is 10.9 Å². The van der Waals surface area contributed by atoms with E-state index < -0.39 is 12.1 Å². The summed E-state index contributed by atoms with van der Waals surface area (Å²) < 4.78 is 6.06. The van der Waals surface area contributed by atoms with Crippen molar-refractivity contribution in [2.45, 2.75) is 45.8 Å². The Bertz CT molecular complexity index is 1380. The second-order valence-electron chi connectivity index (χ2n) is 9.60. The smallest absolute Gasteiger partial charge is 0.340 e. The topological polar surface area (TPSA) is 62.7 Å². The molecule has 1 atom stereocenters. The number of carbonyl (C=O) groups is 2. The highest BCUT2D eigenvalue weighted by Crippen LogP contribution is 2.31. The molecule has 1 aliphatic heterocycles. The number of nitrogens with zero attached hydrogens (tertiary/aromatic N) is 3. The Morgan fingerprint density at radius 1 is 0.921 bits per heavy atom. The molecular formula is C32H33N3O3. The molecule has 0 saturated carbocycles. The van der Waals surface area contributed by atoms with Crippen LogP contribution in [0.1, 0.15) is 48.3 Å². The molecule has 3 aromatic carbocycles. The van der Waals surface area contributed by atoms with E-state index in [9.17, 15) is 9.59 Å². The lowest BCUT2D eigenvalue weighted by molar-refractivity contribution is -0.126. The van der Waals surface area contributed by atoms with E-state index in [4.69, 9.17) is 9.72 Å². The maximum atomic E-state index is 14.0. The zero-order chi connectivity index (χ0) is 26.5. The van der Waals surface area contributed by atoms with Gasteiger partial charge < -0.3 is 4.74 Å². The van der Waals surface area contributed by atoms with Crippen molar-refractivity contribution in [1.29, 1.82) is 0 Å². The molecule has 0 fully saturated rings. The Morgan fingerprint density at radius 2 is 1.55 bits per heavy atom. The van der Waals surface area contributed by atoms with E-state index in [0.717, 1.165) is 59.5 Å². The van der Waals surface area contributed by atoms with E-state index in [1.807, 2.05) is 91.9 Å². The minimum absolute atomic E-state index is 0.280. The number of pyridine rings is 1. The molecular weight excluding hydrogens is 474 g/mol. The molecule has 1 unspecified atom stereocenters. The molecule has 5 rings (SSSR count). The van der Waals surface area contributed by atoms with Gasteiger partial charge in [-0.2, -0.15) is 0 Å². The summed E-state index contributed by atoms with van der Waals surface area (Å²) in [6.45, 7) is 6.55. The summed E-state index contributed by atoms with van der Waals surface area (Å²) in [5.41, 5.74) is 4.61. The van der Waals surface area contributed by atoms with Crippen LogP contribution in [0.4, 0.5) is 11.4 Å². The van der Waals surface area contributed by atoms with Crippen molar-refractivity contribution in [3.05, 3.63) is 102 Å². The Labute approximate surface area is 223 Å². The molecule has 6 nitrogen and oxygen atoms in total. The van der Waals surface area contributed by atoms with Crippen molar-refractivity contribution >= 4 is 34.2 Å². The minimum atomic E-state index is -0.944. The van der Waals surface area contributed by atoms with Gasteiger partial charge in [-0.1, -0.05) is 68.4 Å². The number of benzene rings is 3. The number of rotatable bonds is 8. The van der Waals surface area contributed by atoms with Gasteiger partial charge in [-0.05, 0) is 49.7 Å². The molecule has 0 N–H and O–H groups in total. The van der Waals surface area contributed by atoms with E-state index in [2.05, 4.69) is 11.8 Å². The highest BCUT2D eigenvalue weighted by atomic mass is 16.5. The maximum absolute atomic E-state index is 14.0. The van der Waals surface area contributed by atoms with Gasteiger partial charge in [0.25, 0.3) is 5.91 Å². The largest absolute Gasteiger partial charge is 0.449 e. The van der Waals surface area contributed by atoms with Gasteiger partial charge >= 0.3 is 5.97 Å². The second kappa shape index (κ2) is 11.6. The van der Waals surface area contributed by atoms with E-state index in [1.165, 1.54) is 0 Å². The van der Waals surface area contributed by atoms with Crippen LogP contribution < -0.4 is 4.90 Å². The van der Waals surface area contributed by atoms with Crippen LogP contribution in [-0.2, 0) is 22.5 Å². The average Bonchev–Trinajstić information content (AvgIpc) is 2.96. The highest BCUT2D eigenvalue weighted by molar-refractivity contribution is 6.08. The molecule has 1 aromatic heterocycles. The Morgan fingerprint density at radius 3 is 2.18 bits per heavy atom. The Balaban J connectivity index is 1.51. The third-order valence-electron chi connectivity index (χ3n) is 7.01. The van der Waals surface area contributed by atoms with Gasteiger partial charge in [0.15, 0.2) is 6.10 Å². The zero-order valence-electron chi connectivity index (χ0n) is 22.0. The standard InChI is InChI=1S/C32H33N3O3/c1-3-20-34-21-19-28-26(22-34)30(25-17-11-12-18-27(25)33-28)32(37)38-29(4-2)31(36)35(23-13-7-5-8-14-23)24-15-9-6-10-16-24/h5-18,29H,3-4,19-22H2,1-2H3. The van der Waals surface area contributed by atoms with Crippen molar-refractivity contribution in [3.63, 3.8) is 0 Å². The first kappa shape index (κ1) is 25.6. The molecule has 38 heavy (non-hydrogen) atoms. The lowest BCUT2D eigenvalue weighted by atomic mass is 9.95. The van der Waals surface area contributed by atoms with Gasteiger partial charge in [0.2, 0.25) is 0 Å². The van der Waals surface area contributed by atoms with Crippen molar-refractivity contribution < 1.29 is 14.3 Å². The number of fused-ring (bicyclic) bond motifs is 2. The predicted molar refractivity (Wildman–Crippen MR) is 151 cm³/mol.